The molecule has 3 aromatic carbocycles. The van der Waals surface area contributed by atoms with E-state index in [0.717, 1.165) is 11.1 Å². The lowest BCUT2D eigenvalue weighted by atomic mass is 9.95. The van der Waals surface area contributed by atoms with E-state index in [4.69, 9.17) is 17.3 Å². The molecule has 1 saturated heterocycles. The minimum atomic E-state index is -4.03. The van der Waals surface area contributed by atoms with Gasteiger partial charge in [-0.25, -0.2) is 13.4 Å². The summed E-state index contributed by atoms with van der Waals surface area (Å²) in [6.45, 7) is 0. The van der Waals surface area contributed by atoms with Crippen LogP contribution < -0.4 is 10.6 Å². The Labute approximate surface area is 226 Å². The summed E-state index contributed by atoms with van der Waals surface area (Å²) < 4.78 is 26.1. The van der Waals surface area contributed by atoms with Crippen LogP contribution in [0.4, 0.5) is 10.8 Å². The minimum Gasteiger partial charge on any atom is -0.508 e. The maximum Gasteiger partial charge on any atom is 0.301 e. The molecule has 192 valence electrons. The van der Waals surface area contributed by atoms with Crippen LogP contribution in [0.25, 0.3) is 5.76 Å². The van der Waals surface area contributed by atoms with Gasteiger partial charge in [-0.05, 0) is 66.2 Å². The zero-order valence-corrected chi connectivity index (χ0v) is 21.7. The number of nitrogen functional groups attached to an aromatic ring is 1. The molecule has 38 heavy (non-hydrogen) atoms. The molecule has 4 N–H and O–H groups in total. The number of halogens is 1. The van der Waals surface area contributed by atoms with Crippen molar-refractivity contribution in [3.8, 4) is 5.75 Å². The van der Waals surface area contributed by atoms with Gasteiger partial charge in [-0.2, -0.15) is 0 Å². The Morgan fingerprint density at radius 1 is 1.03 bits per heavy atom. The molecule has 0 bridgehead atoms. The molecule has 0 radical (unpaired) electrons. The number of phenolic OH excluding ortho intramolecular Hbond substituents is 1. The predicted molar refractivity (Wildman–Crippen MR) is 143 cm³/mol. The zero-order chi connectivity index (χ0) is 27.2. The number of aromatic nitrogens is 1. The molecule has 1 unspecified atom stereocenters. The molecule has 1 fully saturated rings. The Balaban J connectivity index is 1.65. The number of hydrogen-bond donors (Lipinski definition) is 3. The van der Waals surface area contributed by atoms with Crippen molar-refractivity contribution in [3.63, 3.8) is 0 Å². The second-order valence-electron chi connectivity index (χ2n) is 8.31. The average Bonchev–Trinajstić information content (AvgIpc) is 3.48. The first-order chi connectivity index (χ1) is 18.1. The highest BCUT2D eigenvalue weighted by molar-refractivity contribution is 7.93. The van der Waals surface area contributed by atoms with Gasteiger partial charge < -0.3 is 15.9 Å². The van der Waals surface area contributed by atoms with Gasteiger partial charge >= 0.3 is 5.91 Å². The minimum absolute atomic E-state index is 0.0641. The first-order valence-corrected chi connectivity index (χ1v) is 13.7. The van der Waals surface area contributed by atoms with Gasteiger partial charge in [0.1, 0.15) is 15.7 Å². The van der Waals surface area contributed by atoms with Crippen molar-refractivity contribution in [1.82, 2.24) is 4.98 Å². The smallest absolute Gasteiger partial charge is 0.301 e. The maximum atomic E-state index is 13.3. The molecule has 9 nitrogen and oxygen atoms in total. The van der Waals surface area contributed by atoms with E-state index in [2.05, 4.69) is 4.98 Å². The largest absolute Gasteiger partial charge is 0.508 e. The number of anilines is 2. The van der Waals surface area contributed by atoms with Crippen LogP contribution in [0.2, 0.25) is 5.02 Å². The monoisotopic (exact) mass is 567 g/mol. The summed E-state index contributed by atoms with van der Waals surface area (Å²) in [4.78, 5) is 31.7. The number of benzene rings is 3. The van der Waals surface area contributed by atoms with E-state index < -0.39 is 33.3 Å². The van der Waals surface area contributed by atoms with Crippen molar-refractivity contribution < 1.29 is 28.2 Å². The summed E-state index contributed by atoms with van der Waals surface area (Å²) in [7, 11) is -4.03. The van der Waals surface area contributed by atoms with Gasteiger partial charge in [-0.1, -0.05) is 35.1 Å². The van der Waals surface area contributed by atoms with Crippen molar-refractivity contribution >= 4 is 61.0 Å². The van der Waals surface area contributed by atoms with Crippen LogP contribution in [0.3, 0.4) is 0 Å². The molecule has 4 aromatic rings. The third-order valence-corrected chi connectivity index (χ3v) is 9.35. The Morgan fingerprint density at radius 2 is 1.71 bits per heavy atom. The number of Topliss-reactive ketones (excluding diaryl/α,β-unsaturated/α-hetero) is 1. The first kappa shape index (κ1) is 25.5. The van der Waals surface area contributed by atoms with Crippen LogP contribution in [-0.4, -0.2) is 35.3 Å². The predicted octanol–water partition coefficient (Wildman–Crippen LogP) is 4.54. The van der Waals surface area contributed by atoms with Crippen LogP contribution in [0.5, 0.6) is 5.75 Å². The SMILES string of the molecule is Nc1ccc(C(O)=C2C(=O)C(=O)N(c3ncc(S(=O)(=O)c4ccc(O)cc4)s3)C2c2cccc(Cl)c2)cc1. The summed E-state index contributed by atoms with van der Waals surface area (Å²) in [5, 5.41) is 20.9. The van der Waals surface area contributed by atoms with Crippen LogP contribution >= 0.6 is 22.9 Å². The Morgan fingerprint density at radius 3 is 2.37 bits per heavy atom. The third-order valence-electron chi connectivity index (χ3n) is 5.88. The quantitative estimate of drug-likeness (QED) is 0.138. The molecule has 0 aliphatic carbocycles. The first-order valence-electron chi connectivity index (χ1n) is 11.0. The summed E-state index contributed by atoms with van der Waals surface area (Å²) >= 11 is 6.90. The van der Waals surface area contributed by atoms with Crippen LogP contribution in [0, 0.1) is 0 Å². The van der Waals surface area contributed by atoms with E-state index >= 15 is 0 Å². The van der Waals surface area contributed by atoms with Crippen molar-refractivity contribution in [2.45, 2.75) is 15.1 Å². The molecular formula is C26H18ClN3O6S2. The van der Waals surface area contributed by atoms with Crippen LogP contribution in [-0.2, 0) is 19.4 Å². The van der Waals surface area contributed by atoms with E-state index in [9.17, 15) is 28.2 Å². The molecule has 0 spiro atoms. The normalized spacial score (nSPS) is 17.2. The number of carbonyl (C=O) groups is 2. The number of phenols is 1. The van der Waals surface area contributed by atoms with Gasteiger partial charge in [-0.3, -0.25) is 14.5 Å². The van der Waals surface area contributed by atoms with E-state index in [1.807, 2.05) is 0 Å². The highest BCUT2D eigenvalue weighted by Crippen LogP contribution is 2.44. The van der Waals surface area contributed by atoms with Crippen molar-refractivity contribution in [3.05, 3.63) is 101 Å². The molecule has 1 atom stereocenters. The standard InChI is InChI=1S/C26H18ClN3O6S2/c27-16-3-1-2-15(12-16)22-21(23(32)14-4-6-17(28)7-5-14)24(33)25(34)30(22)26-29-13-20(37-26)38(35,36)19-10-8-18(31)9-11-19/h1-13,22,31-32H,28H2. The number of rotatable bonds is 5. The lowest BCUT2D eigenvalue weighted by molar-refractivity contribution is -0.132. The summed E-state index contributed by atoms with van der Waals surface area (Å²) in [5.74, 6) is -2.48. The van der Waals surface area contributed by atoms with Crippen molar-refractivity contribution in [2.24, 2.45) is 0 Å². The summed E-state index contributed by atoms with van der Waals surface area (Å²) in [6.07, 6.45) is 1.09. The summed E-state index contributed by atoms with van der Waals surface area (Å²) in [5.41, 5.74) is 6.65. The number of aliphatic hydroxyl groups is 1. The van der Waals surface area contributed by atoms with Crippen LogP contribution in [0.1, 0.15) is 17.2 Å². The lowest BCUT2D eigenvalue weighted by Crippen LogP contribution is -2.29. The fraction of sp³-hybridized carbons (Fsp3) is 0.0385. The van der Waals surface area contributed by atoms with Gasteiger partial charge in [0.15, 0.2) is 5.13 Å². The van der Waals surface area contributed by atoms with Crippen molar-refractivity contribution in [1.29, 1.82) is 0 Å². The van der Waals surface area contributed by atoms with Crippen molar-refractivity contribution in [2.75, 3.05) is 10.6 Å². The number of nitrogens with two attached hydrogens (primary N) is 1. The number of aliphatic hydroxyl groups excluding tert-OH is 1. The van der Waals surface area contributed by atoms with Gasteiger partial charge in [0, 0.05) is 16.3 Å². The molecule has 1 aliphatic rings. The van der Waals surface area contributed by atoms with Gasteiger partial charge in [-0.15, -0.1) is 0 Å². The Hall–Kier alpha value is -4.19. The fourth-order valence-corrected chi connectivity index (χ4v) is 6.79. The average molecular weight is 568 g/mol. The molecule has 5 rings (SSSR count). The lowest BCUT2D eigenvalue weighted by Gasteiger charge is -2.23. The molecule has 0 saturated carbocycles. The number of amides is 1. The Bertz CT molecular complexity index is 1710. The molecule has 2 heterocycles. The molecule has 12 heteroatoms. The summed E-state index contributed by atoms with van der Waals surface area (Å²) in [6, 6.07) is 16.4. The number of carbonyl (C=O) groups excluding carboxylic acids is 2. The van der Waals surface area contributed by atoms with E-state index in [1.165, 1.54) is 36.4 Å². The number of hydrogen-bond acceptors (Lipinski definition) is 9. The number of nitrogens with zero attached hydrogens (tertiary/aromatic N) is 2. The second-order valence-corrected chi connectivity index (χ2v) is 11.9. The highest BCUT2D eigenvalue weighted by Gasteiger charge is 2.48. The fourth-order valence-electron chi connectivity index (χ4n) is 4.05. The topological polar surface area (TPSA) is 151 Å². The Kier molecular flexibility index (Phi) is 6.43. The second kappa shape index (κ2) is 9.60. The highest BCUT2D eigenvalue weighted by atomic mass is 35.5. The van der Waals surface area contributed by atoms with E-state index in [-0.39, 0.29) is 31.1 Å². The van der Waals surface area contributed by atoms with E-state index in [1.54, 1.807) is 36.4 Å². The van der Waals surface area contributed by atoms with Gasteiger partial charge in [0.05, 0.1) is 22.7 Å². The third kappa shape index (κ3) is 4.40. The van der Waals surface area contributed by atoms with Gasteiger partial charge in [0.2, 0.25) is 9.84 Å². The molecule has 1 aromatic heterocycles. The molecule has 1 amide bonds. The molecule has 1 aliphatic heterocycles. The van der Waals surface area contributed by atoms with Gasteiger partial charge in [0.25, 0.3) is 5.78 Å². The zero-order valence-electron chi connectivity index (χ0n) is 19.3. The van der Waals surface area contributed by atoms with Crippen LogP contribution in [0.15, 0.2) is 93.7 Å². The maximum absolute atomic E-state index is 13.3. The van der Waals surface area contributed by atoms with E-state index in [0.29, 0.717) is 27.6 Å². The number of ketones is 1. The number of aromatic hydroxyl groups is 1. The number of thiazole rings is 1. The molecular weight excluding hydrogens is 550 g/mol. The number of sulfone groups is 1.